The van der Waals surface area contributed by atoms with Crippen molar-refractivity contribution in [3.05, 3.63) is 53.5 Å². The molecule has 0 aliphatic rings. The van der Waals surface area contributed by atoms with Crippen LogP contribution in [0.3, 0.4) is 0 Å². The molecule has 3 N–H and O–H groups in total. The first-order chi connectivity index (χ1) is 15.3. The molecule has 9 heteroatoms. The minimum Gasteiger partial charge on any atom is -0.481 e. The van der Waals surface area contributed by atoms with Gasteiger partial charge in [0.05, 0.1) is 36.5 Å². The lowest BCUT2D eigenvalue weighted by Crippen LogP contribution is -2.19. The van der Waals surface area contributed by atoms with Crippen LogP contribution in [0.15, 0.2) is 36.4 Å². The third-order valence-electron chi connectivity index (χ3n) is 4.67. The van der Waals surface area contributed by atoms with E-state index in [1.54, 1.807) is 47.7 Å². The lowest BCUT2D eigenvalue weighted by molar-refractivity contribution is -0.139. The second kappa shape index (κ2) is 12.4. The van der Waals surface area contributed by atoms with Crippen LogP contribution in [0.4, 0.5) is 4.39 Å². The Morgan fingerprint density at radius 1 is 1.25 bits per heavy atom. The largest absolute Gasteiger partial charge is 0.481 e. The average Bonchev–Trinajstić information content (AvgIpc) is 3.09. The topological polar surface area (TPSA) is 109 Å². The number of halogens is 1. The standard InChI is InChI=1S/C23H28FNO6S/c1-3-31-23(30)20-12-17(9-11-32-2)25(22(20)15-4-6-16(24)7-5-15)10-8-18(26)13-19(27)14-21(28)29/h4-8,10,12,18-19,26-27H,3,9,11,13-14H2,1-2H3,(H,28,29)/b10-8+/t18-,19-/m1/s1. The highest BCUT2D eigenvalue weighted by Gasteiger charge is 2.22. The minimum absolute atomic E-state index is 0.152. The molecule has 7 nitrogen and oxygen atoms in total. The summed E-state index contributed by atoms with van der Waals surface area (Å²) in [6.45, 7) is 1.91. The molecule has 2 atom stereocenters. The molecule has 174 valence electrons. The first-order valence-electron chi connectivity index (χ1n) is 10.2. The van der Waals surface area contributed by atoms with E-state index >= 15 is 0 Å². The highest BCUT2D eigenvalue weighted by Crippen LogP contribution is 2.30. The molecule has 0 aliphatic heterocycles. The summed E-state index contributed by atoms with van der Waals surface area (Å²) < 4.78 is 20.5. The SMILES string of the molecule is CCOC(=O)c1cc(CCSC)n(/C=C/[C@@H](O)C[C@@H](O)CC(=O)O)c1-c1ccc(F)cc1. The molecule has 1 aromatic carbocycles. The maximum Gasteiger partial charge on any atom is 0.340 e. The van der Waals surface area contributed by atoms with Gasteiger partial charge in [-0.3, -0.25) is 4.79 Å². The number of aliphatic hydroxyl groups excluding tert-OH is 2. The third kappa shape index (κ3) is 7.22. The van der Waals surface area contributed by atoms with Crippen molar-refractivity contribution in [2.24, 2.45) is 0 Å². The van der Waals surface area contributed by atoms with Crippen molar-refractivity contribution in [1.82, 2.24) is 4.57 Å². The number of rotatable bonds is 12. The molecule has 32 heavy (non-hydrogen) atoms. The maximum atomic E-state index is 13.5. The Balaban J connectivity index is 2.50. The van der Waals surface area contributed by atoms with Gasteiger partial charge in [0.2, 0.25) is 0 Å². The van der Waals surface area contributed by atoms with Crippen LogP contribution in [0, 0.1) is 5.82 Å². The van der Waals surface area contributed by atoms with Crippen LogP contribution in [0.2, 0.25) is 0 Å². The van der Waals surface area contributed by atoms with E-state index in [0.717, 1.165) is 11.4 Å². The Hall–Kier alpha value is -2.62. The molecule has 2 rings (SSSR count). The van der Waals surface area contributed by atoms with Crippen molar-refractivity contribution in [1.29, 1.82) is 0 Å². The predicted octanol–water partition coefficient (Wildman–Crippen LogP) is 3.43. The van der Waals surface area contributed by atoms with Gasteiger partial charge in [0.25, 0.3) is 0 Å². The van der Waals surface area contributed by atoms with Gasteiger partial charge in [0.1, 0.15) is 5.82 Å². The van der Waals surface area contributed by atoms with Crippen molar-refractivity contribution < 1.29 is 34.0 Å². The number of aliphatic carboxylic acids is 1. The van der Waals surface area contributed by atoms with Gasteiger partial charge in [-0.2, -0.15) is 11.8 Å². The summed E-state index contributed by atoms with van der Waals surface area (Å²) >= 11 is 1.63. The molecule has 0 aliphatic carbocycles. The molecule has 0 saturated carbocycles. The number of aromatic nitrogens is 1. The molecule has 1 aromatic heterocycles. The predicted molar refractivity (Wildman–Crippen MR) is 122 cm³/mol. The molecule has 0 radical (unpaired) electrons. The number of nitrogens with zero attached hydrogens (tertiary/aromatic N) is 1. The summed E-state index contributed by atoms with van der Waals surface area (Å²) in [6, 6.07) is 7.43. The fourth-order valence-corrected chi connectivity index (χ4v) is 3.66. The fourth-order valence-electron chi connectivity index (χ4n) is 3.24. The van der Waals surface area contributed by atoms with E-state index in [-0.39, 0.29) is 13.0 Å². The zero-order valence-corrected chi connectivity index (χ0v) is 18.8. The van der Waals surface area contributed by atoms with E-state index in [2.05, 4.69) is 0 Å². The molecule has 2 aromatic rings. The Morgan fingerprint density at radius 3 is 2.53 bits per heavy atom. The molecule has 0 bridgehead atoms. The molecule has 0 spiro atoms. The number of thioether (sulfide) groups is 1. The highest BCUT2D eigenvalue weighted by molar-refractivity contribution is 7.98. The van der Waals surface area contributed by atoms with E-state index in [1.807, 2.05) is 6.26 Å². The Kier molecular flexibility index (Phi) is 9.96. The molecule has 0 saturated heterocycles. The molecular formula is C23H28FNO6S. The van der Waals surface area contributed by atoms with Crippen LogP contribution in [-0.2, 0) is 16.0 Å². The average molecular weight is 466 g/mol. The molecule has 0 fully saturated rings. The first kappa shape index (κ1) is 25.6. The number of aliphatic hydroxyl groups is 2. The Morgan fingerprint density at radius 2 is 1.94 bits per heavy atom. The molecular weight excluding hydrogens is 437 g/mol. The summed E-state index contributed by atoms with van der Waals surface area (Å²) in [5.41, 5.74) is 2.19. The van der Waals surface area contributed by atoms with Crippen LogP contribution >= 0.6 is 11.8 Å². The van der Waals surface area contributed by atoms with E-state index in [1.165, 1.54) is 18.2 Å². The summed E-state index contributed by atoms with van der Waals surface area (Å²) in [5.74, 6) is -1.30. The minimum atomic E-state index is -1.19. The third-order valence-corrected chi connectivity index (χ3v) is 5.29. The zero-order chi connectivity index (χ0) is 23.7. The molecule has 0 unspecified atom stereocenters. The van der Waals surface area contributed by atoms with Gasteiger partial charge in [0.15, 0.2) is 0 Å². The van der Waals surface area contributed by atoms with Gasteiger partial charge in [-0.05, 0) is 67.3 Å². The van der Waals surface area contributed by atoms with Crippen LogP contribution in [0.1, 0.15) is 35.8 Å². The van der Waals surface area contributed by atoms with Gasteiger partial charge >= 0.3 is 11.9 Å². The Bertz CT molecular complexity index is 941. The van der Waals surface area contributed by atoms with Crippen molar-refractivity contribution in [2.75, 3.05) is 18.6 Å². The second-order valence-corrected chi connectivity index (χ2v) is 8.12. The number of esters is 1. The number of aryl methyl sites for hydroxylation is 1. The summed E-state index contributed by atoms with van der Waals surface area (Å²) in [5, 5.41) is 28.8. The van der Waals surface area contributed by atoms with Gasteiger partial charge in [-0.1, -0.05) is 0 Å². The summed E-state index contributed by atoms with van der Waals surface area (Å²) in [4.78, 5) is 23.4. The van der Waals surface area contributed by atoms with Gasteiger partial charge in [0, 0.05) is 18.3 Å². The number of carboxylic acids is 1. The lowest BCUT2D eigenvalue weighted by atomic mass is 10.1. The zero-order valence-electron chi connectivity index (χ0n) is 18.0. The van der Waals surface area contributed by atoms with Crippen molar-refractivity contribution >= 4 is 29.9 Å². The van der Waals surface area contributed by atoms with Crippen molar-refractivity contribution in [3.8, 4) is 11.3 Å². The van der Waals surface area contributed by atoms with Gasteiger partial charge in [-0.25, -0.2) is 9.18 Å². The maximum absolute atomic E-state index is 13.5. The number of hydrogen-bond acceptors (Lipinski definition) is 6. The molecule has 0 amide bonds. The first-order valence-corrected chi connectivity index (χ1v) is 11.6. The quantitative estimate of drug-likeness (QED) is 0.412. The Labute approximate surface area is 190 Å². The van der Waals surface area contributed by atoms with Gasteiger partial charge in [-0.15, -0.1) is 0 Å². The number of benzene rings is 1. The number of carboxylic acid groups (broad SMARTS) is 1. The normalized spacial score (nSPS) is 13.3. The smallest absolute Gasteiger partial charge is 0.340 e. The fraction of sp³-hybridized carbons (Fsp3) is 0.391. The van der Waals surface area contributed by atoms with Crippen LogP contribution < -0.4 is 0 Å². The number of carbonyl (C=O) groups excluding carboxylic acids is 1. The number of hydrogen-bond donors (Lipinski definition) is 3. The lowest BCUT2D eigenvalue weighted by Gasteiger charge is -2.13. The number of ether oxygens (including phenoxy) is 1. The monoisotopic (exact) mass is 465 g/mol. The van der Waals surface area contributed by atoms with E-state index < -0.39 is 36.4 Å². The summed E-state index contributed by atoms with van der Waals surface area (Å²) in [7, 11) is 0. The molecule has 1 heterocycles. The van der Waals surface area contributed by atoms with Crippen LogP contribution in [-0.4, -0.2) is 62.6 Å². The highest BCUT2D eigenvalue weighted by atomic mass is 32.2. The number of carbonyl (C=O) groups is 2. The van der Waals surface area contributed by atoms with Crippen molar-refractivity contribution in [2.45, 2.75) is 38.4 Å². The van der Waals surface area contributed by atoms with Crippen LogP contribution in [0.5, 0.6) is 0 Å². The van der Waals surface area contributed by atoms with Crippen molar-refractivity contribution in [3.63, 3.8) is 0 Å². The van der Waals surface area contributed by atoms with E-state index in [0.29, 0.717) is 23.2 Å². The van der Waals surface area contributed by atoms with E-state index in [9.17, 15) is 24.2 Å². The van der Waals surface area contributed by atoms with E-state index in [4.69, 9.17) is 9.84 Å². The van der Waals surface area contributed by atoms with Crippen LogP contribution in [0.25, 0.3) is 17.5 Å². The van der Waals surface area contributed by atoms with Gasteiger partial charge < -0.3 is 24.6 Å². The summed E-state index contributed by atoms with van der Waals surface area (Å²) in [6.07, 6.45) is 2.67. The second-order valence-electron chi connectivity index (χ2n) is 7.13.